The number of hydrogen-bond donors (Lipinski definition) is 6. The number of hydrogen-bond acceptors (Lipinski definition) is 10. The number of nitrogens with two attached hydrogens (primary N) is 1. The van der Waals surface area contributed by atoms with Crippen molar-refractivity contribution >= 4 is 35.6 Å². The second-order valence-corrected chi connectivity index (χ2v) is 9.10. The molecule has 180 valence electrons. The van der Waals surface area contributed by atoms with Crippen LogP contribution in [0.15, 0.2) is 34.0 Å². The zero-order valence-corrected chi connectivity index (χ0v) is 18.7. The van der Waals surface area contributed by atoms with Crippen LogP contribution >= 0.6 is 0 Å². The molecule has 1 saturated carbocycles. The van der Waals surface area contributed by atoms with Crippen LogP contribution in [0.5, 0.6) is 5.75 Å². The maximum Gasteiger partial charge on any atom is 0.255 e. The number of amides is 1. The van der Waals surface area contributed by atoms with E-state index in [1.807, 2.05) is 0 Å². The molecule has 4 rings (SSSR count). The predicted octanol–water partition coefficient (Wildman–Crippen LogP) is -0.172. The summed E-state index contributed by atoms with van der Waals surface area (Å²) in [5.74, 6) is -9.39. The third-order valence-corrected chi connectivity index (χ3v) is 7.25. The van der Waals surface area contributed by atoms with Gasteiger partial charge in [0.1, 0.15) is 22.8 Å². The molecule has 0 spiro atoms. The number of likely N-dealkylation sites (N-methyl/N-ethyl adjacent to an activating group) is 1. The SMILES string of the molecule is C=Nc1ccc(O)c2c1C(C)[C@@H]1C(=C2O)C(=O)[C@]2(O)C(O)=C(C(N)=O)C(=O)[C@@H](N(C)C)[C@@H]2[C@H]1O. The Balaban J connectivity index is 2.09. The summed E-state index contributed by atoms with van der Waals surface area (Å²) in [5.41, 5.74) is 1.42. The average molecular weight is 471 g/mol. The second kappa shape index (κ2) is 7.49. The highest BCUT2D eigenvalue weighted by Crippen LogP contribution is 2.57. The fraction of sp³-hybridized carbons (Fsp3) is 0.391. The maximum atomic E-state index is 13.8. The van der Waals surface area contributed by atoms with E-state index in [0.29, 0.717) is 11.3 Å². The number of phenols is 1. The van der Waals surface area contributed by atoms with Gasteiger partial charge in [-0.15, -0.1) is 0 Å². The minimum Gasteiger partial charge on any atom is -0.508 e. The molecule has 1 aromatic carbocycles. The molecule has 7 N–H and O–H groups in total. The van der Waals surface area contributed by atoms with Crippen LogP contribution in [-0.2, 0) is 14.4 Å². The van der Waals surface area contributed by atoms with Gasteiger partial charge in [-0.3, -0.25) is 24.3 Å². The fourth-order valence-corrected chi connectivity index (χ4v) is 5.81. The zero-order valence-electron chi connectivity index (χ0n) is 18.7. The van der Waals surface area contributed by atoms with E-state index in [-0.39, 0.29) is 11.3 Å². The number of aliphatic hydroxyl groups excluding tert-OH is 3. The van der Waals surface area contributed by atoms with E-state index in [1.54, 1.807) is 6.92 Å². The molecule has 6 atom stereocenters. The number of Topliss-reactive ketones (excluding diaryl/α,β-unsaturated/α-hetero) is 2. The van der Waals surface area contributed by atoms with Crippen LogP contribution in [0, 0.1) is 11.8 Å². The van der Waals surface area contributed by atoms with E-state index in [2.05, 4.69) is 11.7 Å². The van der Waals surface area contributed by atoms with E-state index in [9.17, 15) is 39.9 Å². The standard InChI is InChI=1S/C23H25N3O8/c1-7-10-8(25-2)5-6-9(27)12(10)17(28)13-11(7)18(29)15-16(26(3)4)19(30)14(22(24)33)21(32)23(15,34)20(13)31/h5-7,11,15-16,18,27-29,32,34H,2H2,1,3-4H3,(H2,24,33)/t7?,11-,15-,16+,18+,23+/m1/s1. The highest BCUT2D eigenvalue weighted by Gasteiger charge is 2.68. The van der Waals surface area contributed by atoms with Gasteiger partial charge in [0.15, 0.2) is 11.4 Å². The maximum absolute atomic E-state index is 13.8. The number of rotatable bonds is 3. The first-order chi connectivity index (χ1) is 15.8. The van der Waals surface area contributed by atoms with Crippen molar-refractivity contribution in [3.05, 3.63) is 40.2 Å². The number of aliphatic hydroxyl groups is 4. The summed E-state index contributed by atoms with van der Waals surface area (Å²) in [7, 11) is 2.89. The molecule has 0 radical (unpaired) electrons. The first-order valence-corrected chi connectivity index (χ1v) is 10.5. The minimum atomic E-state index is -2.94. The highest BCUT2D eigenvalue weighted by molar-refractivity contribution is 6.24. The largest absolute Gasteiger partial charge is 0.508 e. The van der Waals surface area contributed by atoms with Gasteiger partial charge in [-0.2, -0.15) is 0 Å². The van der Waals surface area contributed by atoms with Crippen molar-refractivity contribution in [3.8, 4) is 5.75 Å². The van der Waals surface area contributed by atoms with Gasteiger partial charge in [0.2, 0.25) is 5.78 Å². The number of carbonyl (C=O) groups excluding carboxylic acids is 3. The number of carbonyl (C=O) groups is 3. The Bertz CT molecular complexity index is 1230. The summed E-state index contributed by atoms with van der Waals surface area (Å²) < 4.78 is 0. The minimum absolute atomic E-state index is 0.124. The molecular weight excluding hydrogens is 446 g/mol. The van der Waals surface area contributed by atoms with E-state index >= 15 is 0 Å². The van der Waals surface area contributed by atoms with Crippen molar-refractivity contribution < 1.29 is 39.9 Å². The Hall–Kier alpha value is -3.54. The molecule has 1 unspecified atom stereocenters. The molecule has 3 aliphatic carbocycles. The van der Waals surface area contributed by atoms with Crippen LogP contribution < -0.4 is 5.73 Å². The summed E-state index contributed by atoms with van der Waals surface area (Å²) in [5, 5.41) is 55.5. The molecule has 0 aliphatic heterocycles. The molecule has 0 saturated heterocycles. The first kappa shape index (κ1) is 23.6. The van der Waals surface area contributed by atoms with Crippen LogP contribution in [0.3, 0.4) is 0 Å². The van der Waals surface area contributed by atoms with Crippen molar-refractivity contribution in [2.75, 3.05) is 14.1 Å². The number of primary amides is 1. The molecule has 11 heteroatoms. The molecular formula is C23H25N3O8. The summed E-state index contributed by atoms with van der Waals surface area (Å²) >= 11 is 0. The van der Waals surface area contributed by atoms with E-state index in [4.69, 9.17) is 5.73 Å². The number of ketones is 2. The lowest BCUT2D eigenvalue weighted by atomic mass is 9.54. The predicted molar refractivity (Wildman–Crippen MR) is 120 cm³/mol. The lowest BCUT2D eigenvalue weighted by Gasteiger charge is -2.53. The quantitative estimate of drug-likeness (QED) is 0.256. The van der Waals surface area contributed by atoms with Crippen LogP contribution in [0.2, 0.25) is 0 Å². The van der Waals surface area contributed by atoms with Crippen molar-refractivity contribution in [2.24, 2.45) is 22.6 Å². The number of aromatic hydroxyl groups is 1. The van der Waals surface area contributed by atoms with Gasteiger partial charge in [-0.25, -0.2) is 0 Å². The summed E-state index contributed by atoms with van der Waals surface area (Å²) in [4.78, 5) is 44.1. The Kier molecular flexibility index (Phi) is 5.20. The van der Waals surface area contributed by atoms with Crippen LogP contribution in [0.1, 0.15) is 24.0 Å². The van der Waals surface area contributed by atoms with Crippen molar-refractivity contribution in [2.45, 2.75) is 30.6 Å². The van der Waals surface area contributed by atoms with Gasteiger partial charge in [0.25, 0.3) is 5.91 Å². The fourth-order valence-electron chi connectivity index (χ4n) is 5.81. The van der Waals surface area contributed by atoms with Gasteiger partial charge < -0.3 is 31.3 Å². The van der Waals surface area contributed by atoms with Gasteiger partial charge in [-0.05, 0) is 44.4 Å². The van der Waals surface area contributed by atoms with Crippen LogP contribution in [-0.4, -0.2) is 86.5 Å². The Morgan fingerprint density at radius 2 is 1.82 bits per heavy atom. The molecule has 3 aliphatic rings. The van der Waals surface area contributed by atoms with E-state index < -0.39 is 75.6 Å². The van der Waals surface area contributed by atoms with Gasteiger partial charge in [0, 0.05) is 11.5 Å². The third-order valence-electron chi connectivity index (χ3n) is 7.25. The number of nitrogens with zero attached hydrogens (tertiary/aromatic N) is 2. The molecule has 0 aromatic heterocycles. The zero-order chi connectivity index (χ0) is 25.4. The first-order valence-electron chi connectivity index (χ1n) is 10.5. The molecule has 1 aromatic rings. The normalized spacial score (nSPS) is 32.9. The lowest BCUT2D eigenvalue weighted by molar-refractivity contribution is -0.169. The molecule has 11 nitrogen and oxygen atoms in total. The molecule has 0 bridgehead atoms. The average Bonchev–Trinajstić information content (AvgIpc) is 2.75. The van der Waals surface area contributed by atoms with Gasteiger partial charge >= 0.3 is 0 Å². The summed E-state index contributed by atoms with van der Waals surface area (Å²) in [6.07, 6.45) is -1.66. The van der Waals surface area contributed by atoms with Crippen molar-refractivity contribution in [1.29, 1.82) is 0 Å². The Morgan fingerprint density at radius 3 is 2.35 bits per heavy atom. The summed E-state index contributed by atoms with van der Waals surface area (Å²) in [6.45, 7) is 5.12. The lowest BCUT2D eigenvalue weighted by Crippen LogP contribution is -2.70. The number of fused-ring (bicyclic) bond motifs is 3. The van der Waals surface area contributed by atoms with Crippen molar-refractivity contribution in [3.63, 3.8) is 0 Å². The Morgan fingerprint density at radius 1 is 1.21 bits per heavy atom. The van der Waals surface area contributed by atoms with Gasteiger partial charge in [0.05, 0.1) is 29.3 Å². The van der Waals surface area contributed by atoms with E-state index in [0.717, 1.165) is 0 Å². The summed E-state index contributed by atoms with van der Waals surface area (Å²) in [6, 6.07) is 1.31. The van der Waals surface area contributed by atoms with Crippen LogP contribution in [0.4, 0.5) is 5.69 Å². The number of aliphatic imine (C=N–C) groups is 1. The molecule has 1 amide bonds. The smallest absolute Gasteiger partial charge is 0.255 e. The highest BCUT2D eigenvalue weighted by atomic mass is 16.4. The molecule has 1 fully saturated rings. The second-order valence-electron chi connectivity index (χ2n) is 9.10. The topological polar surface area (TPSA) is 194 Å². The van der Waals surface area contributed by atoms with E-state index in [1.165, 1.54) is 31.1 Å². The van der Waals surface area contributed by atoms with Gasteiger partial charge in [-0.1, -0.05) is 6.92 Å². The molecule has 34 heavy (non-hydrogen) atoms. The van der Waals surface area contributed by atoms with Crippen LogP contribution in [0.25, 0.3) is 5.76 Å². The van der Waals surface area contributed by atoms with Crippen molar-refractivity contribution in [1.82, 2.24) is 4.90 Å². The monoisotopic (exact) mass is 471 g/mol. The molecule has 0 heterocycles. The number of benzene rings is 1. The Labute approximate surface area is 194 Å². The third kappa shape index (κ3) is 2.68. The number of phenolic OH excluding ortho intramolecular Hbond substituents is 1.